The van der Waals surface area contributed by atoms with Crippen LogP contribution in [-0.2, 0) is 20.9 Å². The Morgan fingerprint density at radius 3 is 2.38 bits per heavy atom. The summed E-state index contributed by atoms with van der Waals surface area (Å²) in [6.45, 7) is 11.1. The van der Waals surface area contributed by atoms with Crippen LogP contribution in [0.5, 0.6) is 0 Å². The van der Waals surface area contributed by atoms with Gasteiger partial charge in [-0.2, -0.15) is 0 Å². The van der Waals surface area contributed by atoms with E-state index >= 15 is 0 Å². The van der Waals surface area contributed by atoms with Crippen molar-refractivity contribution in [1.82, 2.24) is 19.6 Å². The van der Waals surface area contributed by atoms with E-state index in [4.69, 9.17) is 4.74 Å². The molecule has 0 N–H and O–H groups in total. The molecule has 160 valence electrons. The second-order valence-corrected chi connectivity index (χ2v) is 8.10. The zero-order valence-electron chi connectivity index (χ0n) is 18.0. The number of nitrogens with zero attached hydrogens (tertiary/aromatic N) is 4. The van der Waals surface area contributed by atoms with Crippen molar-refractivity contribution in [2.24, 2.45) is 0 Å². The molecule has 0 saturated carbocycles. The van der Waals surface area contributed by atoms with E-state index in [2.05, 4.69) is 28.9 Å². The van der Waals surface area contributed by atoms with Crippen LogP contribution in [0.15, 0.2) is 24.3 Å². The molecule has 0 radical (unpaired) electrons. The molecule has 2 amide bonds. The van der Waals surface area contributed by atoms with Gasteiger partial charge in [-0.1, -0.05) is 24.3 Å². The van der Waals surface area contributed by atoms with Gasteiger partial charge < -0.3 is 14.5 Å². The maximum absolute atomic E-state index is 12.9. The second kappa shape index (κ2) is 10.2. The Bertz CT molecular complexity index is 697. The summed E-state index contributed by atoms with van der Waals surface area (Å²) < 4.78 is 5.32. The van der Waals surface area contributed by atoms with E-state index in [1.54, 1.807) is 0 Å². The maximum atomic E-state index is 12.9. The molecule has 2 heterocycles. The molecule has 0 aliphatic carbocycles. The molecular formula is C22H34N4O3. The molecule has 0 bridgehead atoms. The Morgan fingerprint density at radius 1 is 1.07 bits per heavy atom. The largest absolute Gasteiger partial charge is 0.378 e. The van der Waals surface area contributed by atoms with Crippen molar-refractivity contribution in [3.05, 3.63) is 35.4 Å². The number of morpholine rings is 1. The van der Waals surface area contributed by atoms with E-state index in [1.165, 1.54) is 11.1 Å². The third-order valence-corrected chi connectivity index (χ3v) is 6.08. The van der Waals surface area contributed by atoms with Crippen LogP contribution in [0.4, 0.5) is 0 Å². The molecule has 1 atom stereocenters. The molecular weight excluding hydrogens is 368 g/mol. The fourth-order valence-corrected chi connectivity index (χ4v) is 4.01. The van der Waals surface area contributed by atoms with Crippen LogP contribution < -0.4 is 0 Å². The van der Waals surface area contributed by atoms with Crippen LogP contribution in [0.2, 0.25) is 0 Å². The molecule has 0 aromatic heterocycles. The summed E-state index contributed by atoms with van der Waals surface area (Å²) in [5.41, 5.74) is 2.39. The summed E-state index contributed by atoms with van der Waals surface area (Å²) in [6.07, 6.45) is 0. The molecule has 2 aliphatic rings. The lowest BCUT2D eigenvalue weighted by molar-refractivity contribution is -0.139. The first-order chi connectivity index (χ1) is 14.0. The van der Waals surface area contributed by atoms with Gasteiger partial charge in [0.05, 0.1) is 25.8 Å². The minimum atomic E-state index is -0.152. The molecule has 7 heteroatoms. The normalized spacial score (nSPS) is 19.8. The van der Waals surface area contributed by atoms with Crippen LogP contribution in [0.25, 0.3) is 0 Å². The Balaban J connectivity index is 1.45. The minimum absolute atomic E-state index is 0.145. The Hall–Kier alpha value is -1.96. The second-order valence-electron chi connectivity index (χ2n) is 8.10. The number of aryl methyl sites for hydroxylation is 1. The number of amides is 2. The van der Waals surface area contributed by atoms with Gasteiger partial charge in [-0.25, -0.2) is 0 Å². The fourth-order valence-electron chi connectivity index (χ4n) is 4.01. The van der Waals surface area contributed by atoms with Crippen LogP contribution in [0.3, 0.4) is 0 Å². The quantitative estimate of drug-likeness (QED) is 0.705. The summed E-state index contributed by atoms with van der Waals surface area (Å²) >= 11 is 0. The summed E-state index contributed by atoms with van der Waals surface area (Å²) in [5, 5.41) is 0. The van der Waals surface area contributed by atoms with E-state index in [9.17, 15) is 9.59 Å². The van der Waals surface area contributed by atoms with Crippen molar-refractivity contribution >= 4 is 11.8 Å². The van der Waals surface area contributed by atoms with Crippen molar-refractivity contribution in [1.29, 1.82) is 0 Å². The van der Waals surface area contributed by atoms with E-state index < -0.39 is 0 Å². The number of ether oxygens (including phenoxy) is 1. The third kappa shape index (κ3) is 5.78. The van der Waals surface area contributed by atoms with Crippen molar-refractivity contribution in [3.8, 4) is 0 Å². The van der Waals surface area contributed by atoms with Gasteiger partial charge >= 0.3 is 0 Å². The smallest absolute Gasteiger partial charge is 0.239 e. The fraction of sp³-hybridized carbons (Fsp3) is 0.636. The Kier molecular flexibility index (Phi) is 7.64. The van der Waals surface area contributed by atoms with Gasteiger partial charge in [-0.15, -0.1) is 0 Å². The van der Waals surface area contributed by atoms with Gasteiger partial charge in [-0.3, -0.25) is 19.4 Å². The number of carbonyl (C=O) groups excluding carboxylic acids is 2. The molecule has 2 fully saturated rings. The van der Waals surface area contributed by atoms with Crippen molar-refractivity contribution in [2.75, 3.05) is 66.1 Å². The van der Waals surface area contributed by atoms with Gasteiger partial charge in [0.15, 0.2) is 0 Å². The van der Waals surface area contributed by atoms with E-state index in [-0.39, 0.29) is 17.9 Å². The first kappa shape index (κ1) is 21.7. The predicted molar refractivity (Wildman–Crippen MR) is 113 cm³/mol. The van der Waals surface area contributed by atoms with Crippen molar-refractivity contribution in [3.63, 3.8) is 0 Å². The number of hydrogen-bond donors (Lipinski definition) is 0. The predicted octanol–water partition coefficient (Wildman–Crippen LogP) is 0.818. The zero-order chi connectivity index (χ0) is 20.8. The van der Waals surface area contributed by atoms with E-state index in [0.29, 0.717) is 39.4 Å². The molecule has 1 unspecified atom stereocenters. The highest BCUT2D eigenvalue weighted by Crippen LogP contribution is 2.13. The van der Waals surface area contributed by atoms with Crippen LogP contribution >= 0.6 is 0 Å². The van der Waals surface area contributed by atoms with Crippen LogP contribution in [0, 0.1) is 6.92 Å². The third-order valence-electron chi connectivity index (χ3n) is 6.08. The van der Waals surface area contributed by atoms with E-state index in [0.717, 1.165) is 26.2 Å². The van der Waals surface area contributed by atoms with Gasteiger partial charge in [-0.05, 0) is 25.0 Å². The average molecular weight is 403 g/mol. The lowest BCUT2D eigenvalue weighted by atomic mass is 10.1. The van der Waals surface area contributed by atoms with Crippen molar-refractivity contribution in [2.45, 2.75) is 26.4 Å². The Labute approximate surface area is 174 Å². The standard InChI is InChI=1S/C22H34N4O3/c1-18-6-4-5-7-20(18)16-23(3)22(28)19(2)25-10-8-24(9-11-25)17-21(27)26-12-14-29-15-13-26/h4-7,19H,8-17H2,1-3H3. The lowest BCUT2D eigenvalue weighted by Gasteiger charge is -2.39. The molecule has 29 heavy (non-hydrogen) atoms. The van der Waals surface area contributed by atoms with Gasteiger partial charge in [0.2, 0.25) is 11.8 Å². The SMILES string of the molecule is Cc1ccccc1CN(C)C(=O)C(C)N1CCN(CC(=O)N2CCOCC2)CC1. The highest BCUT2D eigenvalue weighted by molar-refractivity contribution is 5.81. The molecule has 1 aromatic rings. The number of carbonyl (C=O) groups is 2. The molecule has 3 rings (SSSR count). The zero-order valence-corrected chi connectivity index (χ0v) is 18.0. The topological polar surface area (TPSA) is 56.3 Å². The number of hydrogen-bond acceptors (Lipinski definition) is 5. The number of benzene rings is 1. The first-order valence-electron chi connectivity index (χ1n) is 10.6. The number of piperazine rings is 1. The number of rotatable bonds is 6. The summed E-state index contributed by atoms with van der Waals surface area (Å²) in [6, 6.07) is 8.04. The Morgan fingerprint density at radius 2 is 1.72 bits per heavy atom. The lowest BCUT2D eigenvalue weighted by Crippen LogP contribution is -2.55. The van der Waals surface area contributed by atoms with Gasteiger partial charge in [0.1, 0.15) is 0 Å². The van der Waals surface area contributed by atoms with E-state index in [1.807, 2.05) is 35.9 Å². The van der Waals surface area contributed by atoms with Crippen LogP contribution in [-0.4, -0.2) is 104 Å². The van der Waals surface area contributed by atoms with Gasteiger partial charge in [0, 0.05) is 52.9 Å². The summed E-state index contributed by atoms with van der Waals surface area (Å²) in [5.74, 6) is 0.329. The van der Waals surface area contributed by atoms with Crippen molar-refractivity contribution < 1.29 is 14.3 Å². The molecule has 7 nitrogen and oxygen atoms in total. The highest BCUT2D eigenvalue weighted by atomic mass is 16.5. The summed E-state index contributed by atoms with van der Waals surface area (Å²) in [4.78, 5) is 33.5. The molecule has 1 aromatic carbocycles. The molecule has 0 spiro atoms. The first-order valence-corrected chi connectivity index (χ1v) is 10.6. The van der Waals surface area contributed by atoms with Gasteiger partial charge in [0.25, 0.3) is 0 Å². The summed E-state index contributed by atoms with van der Waals surface area (Å²) in [7, 11) is 1.88. The average Bonchev–Trinajstić information content (AvgIpc) is 2.75. The monoisotopic (exact) mass is 402 g/mol. The minimum Gasteiger partial charge on any atom is -0.378 e. The maximum Gasteiger partial charge on any atom is 0.239 e. The molecule has 2 aliphatic heterocycles. The highest BCUT2D eigenvalue weighted by Gasteiger charge is 2.29. The number of likely N-dealkylation sites (N-methyl/N-ethyl adjacent to an activating group) is 1. The molecule has 2 saturated heterocycles. The van der Waals surface area contributed by atoms with Crippen LogP contribution in [0.1, 0.15) is 18.1 Å².